The first-order valence-corrected chi connectivity index (χ1v) is 9.27. The minimum atomic E-state index is -0.519. The standard InChI is InChI=1S/C19H22N2O2S/c1-24-16-7-4-6-15(11-16)21-18(23)12-20-19(13-22)10-9-14-5-2-3-8-17(14)19/h2-8,11,20,22H,9-10,12-13H2,1H3,(H,21,23). The summed E-state index contributed by atoms with van der Waals surface area (Å²) in [6.07, 6.45) is 3.73. The first-order chi connectivity index (χ1) is 11.7. The van der Waals surface area contributed by atoms with E-state index in [0.717, 1.165) is 29.0 Å². The van der Waals surface area contributed by atoms with Gasteiger partial charge in [0.2, 0.25) is 5.91 Å². The van der Waals surface area contributed by atoms with Gasteiger partial charge in [0.05, 0.1) is 18.7 Å². The van der Waals surface area contributed by atoms with Gasteiger partial charge in [-0.2, -0.15) is 0 Å². The highest BCUT2D eigenvalue weighted by Gasteiger charge is 2.37. The highest BCUT2D eigenvalue weighted by molar-refractivity contribution is 7.98. The molecule has 1 unspecified atom stereocenters. The average Bonchev–Trinajstić information content (AvgIpc) is 3.00. The maximum Gasteiger partial charge on any atom is 0.238 e. The van der Waals surface area contributed by atoms with Crippen molar-refractivity contribution in [2.24, 2.45) is 0 Å². The number of thioether (sulfide) groups is 1. The predicted molar refractivity (Wildman–Crippen MR) is 98.4 cm³/mol. The zero-order valence-electron chi connectivity index (χ0n) is 13.7. The molecule has 0 saturated carbocycles. The van der Waals surface area contributed by atoms with Crippen molar-refractivity contribution in [3.63, 3.8) is 0 Å². The van der Waals surface area contributed by atoms with Crippen molar-refractivity contribution in [2.75, 3.05) is 24.7 Å². The molecule has 3 N–H and O–H groups in total. The van der Waals surface area contributed by atoms with Crippen LogP contribution >= 0.6 is 11.8 Å². The van der Waals surface area contributed by atoms with Crippen LogP contribution in [-0.2, 0) is 16.8 Å². The first-order valence-electron chi connectivity index (χ1n) is 8.05. The van der Waals surface area contributed by atoms with Crippen molar-refractivity contribution >= 4 is 23.4 Å². The molecule has 0 saturated heterocycles. The maximum atomic E-state index is 12.3. The number of benzene rings is 2. The average molecular weight is 342 g/mol. The minimum absolute atomic E-state index is 0.0146. The van der Waals surface area contributed by atoms with Gasteiger partial charge >= 0.3 is 0 Å². The number of fused-ring (bicyclic) bond motifs is 1. The predicted octanol–water partition coefficient (Wildman–Crippen LogP) is 2.77. The highest BCUT2D eigenvalue weighted by Crippen LogP contribution is 2.36. The fraction of sp³-hybridized carbons (Fsp3) is 0.316. The summed E-state index contributed by atoms with van der Waals surface area (Å²) in [6.45, 7) is 0.150. The fourth-order valence-electron chi connectivity index (χ4n) is 3.25. The molecule has 1 amide bonds. The Morgan fingerprint density at radius 2 is 2.08 bits per heavy atom. The number of anilines is 1. The third-order valence-corrected chi connectivity index (χ3v) is 5.29. The number of nitrogens with one attached hydrogen (secondary N) is 2. The summed E-state index contributed by atoms with van der Waals surface area (Å²) in [7, 11) is 0. The Kier molecular flexibility index (Phi) is 5.23. The molecule has 126 valence electrons. The fourth-order valence-corrected chi connectivity index (χ4v) is 3.71. The third kappa shape index (κ3) is 3.48. The Labute approximate surface area is 146 Å². The van der Waals surface area contributed by atoms with Gasteiger partial charge in [-0.05, 0) is 48.4 Å². The van der Waals surface area contributed by atoms with E-state index in [1.165, 1.54) is 5.56 Å². The molecular formula is C19H22N2O2S. The largest absolute Gasteiger partial charge is 0.394 e. The van der Waals surface area contributed by atoms with E-state index in [1.807, 2.05) is 48.7 Å². The number of amides is 1. The Morgan fingerprint density at radius 3 is 2.88 bits per heavy atom. The molecule has 1 aliphatic carbocycles. The van der Waals surface area contributed by atoms with Gasteiger partial charge in [0, 0.05) is 10.6 Å². The number of hydrogen-bond donors (Lipinski definition) is 3. The number of aryl methyl sites for hydroxylation is 1. The lowest BCUT2D eigenvalue weighted by atomic mass is 9.92. The Morgan fingerprint density at radius 1 is 1.25 bits per heavy atom. The second kappa shape index (κ2) is 7.38. The van der Waals surface area contributed by atoms with Crippen molar-refractivity contribution in [1.82, 2.24) is 5.32 Å². The zero-order valence-corrected chi connectivity index (χ0v) is 14.5. The summed E-state index contributed by atoms with van der Waals surface area (Å²) in [6, 6.07) is 15.9. The quantitative estimate of drug-likeness (QED) is 0.707. The van der Waals surface area contributed by atoms with Crippen molar-refractivity contribution in [3.8, 4) is 0 Å². The van der Waals surface area contributed by atoms with Crippen molar-refractivity contribution in [1.29, 1.82) is 0 Å². The summed E-state index contributed by atoms with van der Waals surface area (Å²) >= 11 is 1.64. The molecule has 24 heavy (non-hydrogen) atoms. The van der Waals surface area contributed by atoms with Crippen LogP contribution in [0.25, 0.3) is 0 Å². The second-order valence-corrected chi connectivity index (χ2v) is 6.91. The molecule has 0 fully saturated rings. The molecule has 2 aromatic rings. The summed E-state index contributed by atoms with van der Waals surface area (Å²) in [5.74, 6) is -0.106. The van der Waals surface area contributed by atoms with Gasteiger partial charge < -0.3 is 10.4 Å². The molecular weight excluding hydrogens is 320 g/mol. The lowest BCUT2D eigenvalue weighted by Crippen LogP contribution is -2.47. The van der Waals surface area contributed by atoms with Gasteiger partial charge in [0.1, 0.15) is 0 Å². The Hall–Kier alpha value is -1.82. The van der Waals surface area contributed by atoms with E-state index in [4.69, 9.17) is 0 Å². The molecule has 2 aromatic carbocycles. The minimum Gasteiger partial charge on any atom is -0.394 e. The van der Waals surface area contributed by atoms with Gasteiger partial charge in [-0.3, -0.25) is 10.1 Å². The van der Waals surface area contributed by atoms with Crippen LogP contribution in [0.2, 0.25) is 0 Å². The number of aliphatic hydroxyl groups is 1. The summed E-state index contributed by atoms with van der Waals surface area (Å²) in [5, 5.41) is 16.1. The SMILES string of the molecule is CSc1cccc(NC(=O)CNC2(CO)CCc3ccccc32)c1. The van der Waals surface area contributed by atoms with Gasteiger partial charge in [-0.15, -0.1) is 11.8 Å². The molecule has 5 heteroatoms. The number of rotatable bonds is 6. The molecule has 3 rings (SSSR count). The van der Waals surface area contributed by atoms with Crippen LogP contribution in [0.3, 0.4) is 0 Å². The molecule has 4 nitrogen and oxygen atoms in total. The number of hydrogen-bond acceptors (Lipinski definition) is 4. The van der Waals surface area contributed by atoms with Crippen molar-refractivity contribution in [3.05, 3.63) is 59.7 Å². The molecule has 0 aromatic heterocycles. The van der Waals surface area contributed by atoms with E-state index in [2.05, 4.69) is 16.7 Å². The van der Waals surface area contributed by atoms with Crippen molar-refractivity contribution in [2.45, 2.75) is 23.3 Å². The third-order valence-electron chi connectivity index (χ3n) is 4.56. The number of carbonyl (C=O) groups excluding carboxylic acids is 1. The molecule has 1 atom stereocenters. The van der Waals surface area contributed by atoms with E-state index >= 15 is 0 Å². The monoisotopic (exact) mass is 342 g/mol. The molecule has 0 aliphatic heterocycles. The van der Waals surface area contributed by atoms with Crippen LogP contribution in [0.5, 0.6) is 0 Å². The lowest BCUT2D eigenvalue weighted by molar-refractivity contribution is -0.115. The van der Waals surface area contributed by atoms with Crippen LogP contribution in [0, 0.1) is 0 Å². The molecule has 0 radical (unpaired) electrons. The van der Waals surface area contributed by atoms with Crippen LogP contribution in [0.4, 0.5) is 5.69 Å². The normalized spacial score (nSPS) is 19.1. The van der Waals surface area contributed by atoms with Gasteiger partial charge in [-0.25, -0.2) is 0 Å². The van der Waals surface area contributed by atoms with Crippen molar-refractivity contribution < 1.29 is 9.90 Å². The number of aliphatic hydroxyl groups excluding tert-OH is 1. The Balaban J connectivity index is 1.65. The van der Waals surface area contributed by atoms with E-state index in [0.29, 0.717) is 0 Å². The van der Waals surface area contributed by atoms with E-state index < -0.39 is 5.54 Å². The molecule has 0 spiro atoms. The molecule has 1 aliphatic rings. The smallest absolute Gasteiger partial charge is 0.238 e. The van der Waals surface area contributed by atoms with Gasteiger partial charge in [0.25, 0.3) is 0 Å². The maximum absolute atomic E-state index is 12.3. The first kappa shape index (κ1) is 17.0. The molecule has 0 bridgehead atoms. The van der Waals surface area contributed by atoms with Crippen LogP contribution in [-0.4, -0.2) is 30.4 Å². The van der Waals surface area contributed by atoms with Crippen LogP contribution in [0.15, 0.2) is 53.4 Å². The van der Waals surface area contributed by atoms with E-state index in [9.17, 15) is 9.90 Å². The van der Waals surface area contributed by atoms with Crippen LogP contribution in [0.1, 0.15) is 17.5 Å². The Bertz CT molecular complexity index is 735. The van der Waals surface area contributed by atoms with Crippen LogP contribution < -0.4 is 10.6 Å². The van der Waals surface area contributed by atoms with Gasteiger partial charge in [-0.1, -0.05) is 30.3 Å². The zero-order chi connectivity index (χ0) is 17.0. The highest BCUT2D eigenvalue weighted by atomic mass is 32.2. The topological polar surface area (TPSA) is 61.4 Å². The lowest BCUT2D eigenvalue weighted by Gasteiger charge is -2.29. The number of carbonyl (C=O) groups is 1. The molecule has 0 heterocycles. The van der Waals surface area contributed by atoms with E-state index in [-0.39, 0.29) is 19.1 Å². The second-order valence-electron chi connectivity index (χ2n) is 6.03. The van der Waals surface area contributed by atoms with Gasteiger partial charge in [0.15, 0.2) is 0 Å². The summed E-state index contributed by atoms with van der Waals surface area (Å²) in [5.41, 5.74) is 2.62. The summed E-state index contributed by atoms with van der Waals surface area (Å²) in [4.78, 5) is 13.4. The summed E-state index contributed by atoms with van der Waals surface area (Å²) < 4.78 is 0. The van der Waals surface area contributed by atoms with E-state index in [1.54, 1.807) is 11.8 Å².